The number of rotatable bonds is 2. The summed E-state index contributed by atoms with van der Waals surface area (Å²) >= 11 is 3.22. The fourth-order valence-electron chi connectivity index (χ4n) is 1.55. The van der Waals surface area contributed by atoms with E-state index in [1.165, 1.54) is 4.52 Å². The zero-order chi connectivity index (χ0) is 11.8. The van der Waals surface area contributed by atoms with E-state index in [4.69, 9.17) is 4.42 Å². The van der Waals surface area contributed by atoms with E-state index < -0.39 is 0 Å². The molecular weight excluding hydrogens is 286 g/mol. The number of hydrogen-bond donors (Lipinski definition) is 0. The number of carbonyl (C=O) groups is 1. The topological polar surface area (TPSA) is 60.4 Å². The van der Waals surface area contributed by atoms with E-state index in [-0.39, 0.29) is 0 Å². The van der Waals surface area contributed by atoms with Gasteiger partial charge in [0.2, 0.25) is 5.82 Å². The van der Waals surface area contributed by atoms with Crippen LogP contribution in [-0.2, 0) is 0 Å². The van der Waals surface area contributed by atoms with Gasteiger partial charge < -0.3 is 4.42 Å². The van der Waals surface area contributed by atoms with Gasteiger partial charge in [0.25, 0.3) is 0 Å². The van der Waals surface area contributed by atoms with Gasteiger partial charge in [0.15, 0.2) is 22.4 Å². The van der Waals surface area contributed by atoms with Crippen molar-refractivity contribution in [3.8, 4) is 11.6 Å². The Morgan fingerprint density at radius 3 is 2.88 bits per heavy atom. The molecule has 0 bridgehead atoms. The van der Waals surface area contributed by atoms with E-state index in [0.29, 0.717) is 27.6 Å². The first-order valence-corrected chi connectivity index (χ1v) is 5.64. The molecule has 0 unspecified atom stereocenters. The van der Waals surface area contributed by atoms with Crippen LogP contribution in [0, 0.1) is 0 Å². The summed E-state index contributed by atoms with van der Waals surface area (Å²) in [5, 5.41) is 4.23. The Morgan fingerprint density at radius 1 is 1.29 bits per heavy atom. The molecule has 0 amide bonds. The molecule has 0 N–H and O–H groups in total. The molecule has 0 aliphatic heterocycles. The highest BCUT2D eigenvalue weighted by Crippen LogP contribution is 2.22. The van der Waals surface area contributed by atoms with Crippen LogP contribution in [0.4, 0.5) is 0 Å². The minimum atomic E-state index is 0.449. The van der Waals surface area contributed by atoms with Crippen LogP contribution in [0.5, 0.6) is 0 Å². The predicted octanol–water partition coefficient (Wildman–Crippen LogP) is 2.56. The minimum Gasteiger partial charge on any atom is -0.446 e. The summed E-state index contributed by atoms with van der Waals surface area (Å²) in [6, 6.07) is 8.74. The largest absolute Gasteiger partial charge is 0.446 e. The molecule has 17 heavy (non-hydrogen) atoms. The molecule has 0 spiro atoms. The Balaban J connectivity index is 2.23. The maximum atomic E-state index is 10.9. The molecule has 3 aromatic rings. The molecule has 0 aromatic carbocycles. The minimum absolute atomic E-state index is 0.449. The molecule has 84 valence electrons. The number of carbonyl (C=O) groups excluding carboxylic acids is 1. The Hall–Kier alpha value is -1.95. The van der Waals surface area contributed by atoms with Crippen molar-refractivity contribution in [2.75, 3.05) is 0 Å². The SMILES string of the molecule is O=Cc1cccc2nc(-c3ccc(Br)o3)nn12. The number of halogens is 1. The number of aldehydes is 1. The lowest BCUT2D eigenvalue weighted by molar-refractivity contribution is 0.111. The van der Waals surface area contributed by atoms with Crippen LogP contribution in [0.25, 0.3) is 17.2 Å². The summed E-state index contributed by atoms with van der Waals surface area (Å²) in [5.41, 5.74) is 1.06. The Kier molecular flexibility index (Phi) is 2.29. The number of aromatic nitrogens is 3. The second-order valence-electron chi connectivity index (χ2n) is 3.38. The third-order valence-electron chi connectivity index (χ3n) is 2.30. The van der Waals surface area contributed by atoms with E-state index in [1.807, 2.05) is 0 Å². The molecule has 0 saturated carbocycles. The Labute approximate surface area is 104 Å². The molecular formula is C11H6BrN3O2. The number of hydrogen-bond acceptors (Lipinski definition) is 4. The standard InChI is InChI=1S/C11H6BrN3O2/c12-9-5-4-8(17-9)11-13-10-3-1-2-7(6-16)15(10)14-11/h1-6H. The van der Waals surface area contributed by atoms with E-state index in [0.717, 1.165) is 6.29 Å². The maximum absolute atomic E-state index is 10.9. The van der Waals surface area contributed by atoms with Crippen molar-refractivity contribution in [3.05, 3.63) is 40.7 Å². The predicted molar refractivity (Wildman–Crippen MR) is 63.8 cm³/mol. The fourth-order valence-corrected chi connectivity index (χ4v) is 1.86. The molecule has 0 aliphatic carbocycles. The van der Waals surface area contributed by atoms with Crippen LogP contribution in [0.2, 0.25) is 0 Å². The average molecular weight is 292 g/mol. The smallest absolute Gasteiger partial charge is 0.217 e. The third-order valence-corrected chi connectivity index (χ3v) is 2.73. The van der Waals surface area contributed by atoms with E-state index >= 15 is 0 Å². The van der Waals surface area contributed by atoms with Crippen LogP contribution in [0.15, 0.2) is 39.4 Å². The van der Waals surface area contributed by atoms with Crippen LogP contribution in [0.3, 0.4) is 0 Å². The van der Waals surface area contributed by atoms with Gasteiger partial charge >= 0.3 is 0 Å². The summed E-state index contributed by atoms with van der Waals surface area (Å²) in [4.78, 5) is 15.1. The van der Waals surface area contributed by atoms with Gasteiger partial charge in [0, 0.05) is 0 Å². The van der Waals surface area contributed by atoms with Gasteiger partial charge in [-0.2, -0.15) is 0 Å². The number of nitrogens with zero attached hydrogens (tertiary/aromatic N) is 3. The van der Waals surface area contributed by atoms with Crippen LogP contribution < -0.4 is 0 Å². The Morgan fingerprint density at radius 2 is 2.18 bits per heavy atom. The number of furan rings is 1. The van der Waals surface area contributed by atoms with Crippen molar-refractivity contribution in [3.63, 3.8) is 0 Å². The van der Waals surface area contributed by atoms with Crippen molar-refractivity contribution < 1.29 is 9.21 Å². The van der Waals surface area contributed by atoms with Gasteiger partial charge in [-0.25, -0.2) is 9.50 Å². The second kappa shape index (κ2) is 3.81. The highest BCUT2D eigenvalue weighted by Gasteiger charge is 2.11. The molecule has 0 fully saturated rings. The molecule has 3 aromatic heterocycles. The highest BCUT2D eigenvalue weighted by atomic mass is 79.9. The first kappa shape index (κ1) is 10.2. The molecule has 3 heterocycles. The Bertz CT molecular complexity index is 702. The fraction of sp³-hybridized carbons (Fsp3) is 0. The van der Waals surface area contributed by atoms with Crippen molar-refractivity contribution in [1.29, 1.82) is 0 Å². The lowest BCUT2D eigenvalue weighted by atomic mass is 10.4. The normalized spacial score (nSPS) is 10.9. The van der Waals surface area contributed by atoms with Gasteiger partial charge in [-0.1, -0.05) is 6.07 Å². The van der Waals surface area contributed by atoms with Crippen LogP contribution >= 0.6 is 15.9 Å². The van der Waals surface area contributed by atoms with Gasteiger partial charge in [-0.05, 0) is 40.2 Å². The van der Waals surface area contributed by atoms with Gasteiger partial charge in [-0.15, -0.1) is 5.10 Å². The summed E-state index contributed by atoms with van der Waals surface area (Å²) in [6.07, 6.45) is 0.740. The zero-order valence-electron chi connectivity index (χ0n) is 8.50. The zero-order valence-corrected chi connectivity index (χ0v) is 10.1. The molecule has 0 radical (unpaired) electrons. The molecule has 0 aliphatic rings. The van der Waals surface area contributed by atoms with Crippen molar-refractivity contribution in [1.82, 2.24) is 14.6 Å². The number of fused-ring (bicyclic) bond motifs is 1. The van der Waals surface area contributed by atoms with E-state index in [9.17, 15) is 4.79 Å². The van der Waals surface area contributed by atoms with Crippen molar-refractivity contribution >= 4 is 27.9 Å². The summed E-state index contributed by atoms with van der Waals surface area (Å²) < 4.78 is 7.46. The monoisotopic (exact) mass is 291 g/mol. The summed E-state index contributed by atoms with van der Waals surface area (Å²) in [7, 11) is 0. The van der Waals surface area contributed by atoms with Crippen molar-refractivity contribution in [2.24, 2.45) is 0 Å². The highest BCUT2D eigenvalue weighted by molar-refractivity contribution is 9.10. The van der Waals surface area contributed by atoms with Crippen LogP contribution in [0.1, 0.15) is 10.5 Å². The van der Waals surface area contributed by atoms with Gasteiger partial charge in [0.05, 0.1) is 0 Å². The molecule has 5 nitrogen and oxygen atoms in total. The van der Waals surface area contributed by atoms with Gasteiger partial charge in [0.1, 0.15) is 5.69 Å². The third kappa shape index (κ3) is 1.66. The molecule has 3 rings (SSSR count). The van der Waals surface area contributed by atoms with E-state index in [1.54, 1.807) is 30.3 Å². The number of pyridine rings is 1. The van der Waals surface area contributed by atoms with Crippen LogP contribution in [-0.4, -0.2) is 20.9 Å². The lowest BCUT2D eigenvalue weighted by Crippen LogP contribution is -1.95. The average Bonchev–Trinajstić information content (AvgIpc) is 2.93. The summed E-state index contributed by atoms with van der Waals surface area (Å²) in [6.45, 7) is 0. The summed E-state index contributed by atoms with van der Waals surface area (Å²) in [5.74, 6) is 1.00. The van der Waals surface area contributed by atoms with Gasteiger partial charge in [-0.3, -0.25) is 4.79 Å². The lowest BCUT2D eigenvalue weighted by Gasteiger charge is -1.92. The molecule has 0 atom stereocenters. The van der Waals surface area contributed by atoms with Crippen molar-refractivity contribution in [2.45, 2.75) is 0 Å². The second-order valence-corrected chi connectivity index (χ2v) is 4.16. The quantitative estimate of drug-likeness (QED) is 0.681. The first-order chi connectivity index (χ1) is 8.28. The molecule has 0 saturated heterocycles. The van der Waals surface area contributed by atoms with E-state index in [2.05, 4.69) is 26.0 Å². The maximum Gasteiger partial charge on any atom is 0.217 e. The first-order valence-electron chi connectivity index (χ1n) is 4.84. The molecule has 6 heteroatoms.